The Labute approximate surface area is 141 Å². The second kappa shape index (κ2) is 5.28. The number of halogens is 1. The van der Waals surface area contributed by atoms with E-state index in [-0.39, 0.29) is 24.1 Å². The van der Waals surface area contributed by atoms with Gasteiger partial charge < -0.3 is 9.47 Å². The number of hydrogen-bond acceptors (Lipinski definition) is 4. The SMILES string of the molecule is Cl.O=C1O[C@]2(CN3CCC2CC3)CN1c1ccc2c(c1)OCC2. The van der Waals surface area contributed by atoms with E-state index >= 15 is 0 Å². The zero-order valence-corrected chi connectivity index (χ0v) is 13.8. The first-order valence-electron chi connectivity index (χ1n) is 8.22. The molecule has 1 aromatic carbocycles. The van der Waals surface area contributed by atoms with Gasteiger partial charge in [-0.15, -0.1) is 12.4 Å². The van der Waals surface area contributed by atoms with E-state index in [9.17, 15) is 4.79 Å². The van der Waals surface area contributed by atoms with Gasteiger partial charge in [-0.2, -0.15) is 0 Å². The number of nitrogens with zero attached hydrogens (tertiary/aromatic N) is 2. The van der Waals surface area contributed by atoms with Crippen LogP contribution in [-0.4, -0.2) is 49.4 Å². The lowest BCUT2D eigenvalue weighted by Gasteiger charge is -2.49. The van der Waals surface area contributed by atoms with Crippen molar-refractivity contribution in [3.63, 3.8) is 0 Å². The molecule has 1 atom stereocenters. The van der Waals surface area contributed by atoms with E-state index in [1.165, 1.54) is 5.56 Å². The first-order chi connectivity index (χ1) is 10.7. The fourth-order valence-electron chi connectivity index (χ4n) is 4.53. The zero-order chi connectivity index (χ0) is 14.7. The Bertz CT molecular complexity index is 645. The van der Waals surface area contributed by atoms with E-state index in [0.717, 1.165) is 56.9 Å². The van der Waals surface area contributed by atoms with Gasteiger partial charge in [0, 0.05) is 24.9 Å². The lowest BCUT2D eigenvalue weighted by molar-refractivity contribution is -0.0881. The van der Waals surface area contributed by atoms with Crippen LogP contribution in [0.2, 0.25) is 0 Å². The first-order valence-corrected chi connectivity index (χ1v) is 8.22. The summed E-state index contributed by atoms with van der Waals surface area (Å²) in [5.74, 6) is 1.43. The van der Waals surface area contributed by atoms with Crippen LogP contribution < -0.4 is 9.64 Å². The molecule has 1 spiro atoms. The minimum Gasteiger partial charge on any atom is -0.493 e. The lowest BCUT2D eigenvalue weighted by atomic mass is 9.75. The van der Waals surface area contributed by atoms with Crippen LogP contribution in [0.3, 0.4) is 0 Å². The van der Waals surface area contributed by atoms with Crippen LogP contribution in [0.1, 0.15) is 18.4 Å². The average molecular weight is 337 g/mol. The summed E-state index contributed by atoms with van der Waals surface area (Å²) < 4.78 is 11.5. The maximum Gasteiger partial charge on any atom is 0.415 e. The van der Waals surface area contributed by atoms with Gasteiger partial charge in [-0.1, -0.05) is 6.07 Å². The van der Waals surface area contributed by atoms with Crippen LogP contribution in [0.15, 0.2) is 18.2 Å². The van der Waals surface area contributed by atoms with E-state index in [1.54, 1.807) is 4.90 Å². The number of fused-ring (bicyclic) bond motifs is 3. The quantitative estimate of drug-likeness (QED) is 0.790. The third-order valence-corrected chi connectivity index (χ3v) is 5.75. The Morgan fingerprint density at radius 2 is 2.00 bits per heavy atom. The Morgan fingerprint density at radius 1 is 1.17 bits per heavy atom. The third-order valence-electron chi connectivity index (χ3n) is 5.75. The number of ether oxygens (including phenoxy) is 2. The van der Waals surface area contributed by atoms with E-state index in [2.05, 4.69) is 11.0 Å². The molecule has 0 N–H and O–H groups in total. The van der Waals surface area contributed by atoms with Gasteiger partial charge in [0.2, 0.25) is 0 Å². The highest BCUT2D eigenvalue weighted by molar-refractivity contribution is 5.90. The molecule has 5 aliphatic heterocycles. The Hall–Kier alpha value is -1.46. The fraction of sp³-hybridized carbons (Fsp3) is 0.588. The topological polar surface area (TPSA) is 42.0 Å². The van der Waals surface area contributed by atoms with Crippen molar-refractivity contribution in [2.45, 2.75) is 24.9 Å². The van der Waals surface area contributed by atoms with Crippen LogP contribution >= 0.6 is 12.4 Å². The smallest absolute Gasteiger partial charge is 0.415 e. The van der Waals surface area contributed by atoms with Gasteiger partial charge >= 0.3 is 6.09 Å². The Balaban J connectivity index is 0.00000135. The molecule has 5 nitrogen and oxygen atoms in total. The van der Waals surface area contributed by atoms with Crippen molar-refractivity contribution in [2.75, 3.05) is 37.7 Å². The van der Waals surface area contributed by atoms with Crippen molar-refractivity contribution in [3.8, 4) is 5.75 Å². The highest BCUT2D eigenvalue weighted by Crippen LogP contribution is 2.43. The second-order valence-corrected chi connectivity index (χ2v) is 6.96. The van der Waals surface area contributed by atoms with Gasteiger partial charge in [-0.25, -0.2) is 4.79 Å². The molecule has 0 aliphatic carbocycles. The molecule has 2 bridgehead atoms. The van der Waals surface area contributed by atoms with Gasteiger partial charge in [-0.05, 0) is 37.6 Å². The highest BCUT2D eigenvalue weighted by atomic mass is 35.5. The van der Waals surface area contributed by atoms with Crippen LogP contribution in [0, 0.1) is 5.92 Å². The summed E-state index contributed by atoms with van der Waals surface area (Å²) in [7, 11) is 0. The largest absolute Gasteiger partial charge is 0.493 e. The van der Waals surface area contributed by atoms with E-state index in [0.29, 0.717) is 12.5 Å². The molecular weight excluding hydrogens is 316 g/mol. The van der Waals surface area contributed by atoms with Crippen LogP contribution in [0.4, 0.5) is 10.5 Å². The molecule has 0 saturated carbocycles. The summed E-state index contributed by atoms with van der Waals surface area (Å²) in [6, 6.07) is 6.09. The summed E-state index contributed by atoms with van der Waals surface area (Å²) >= 11 is 0. The molecule has 4 saturated heterocycles. The third kappa shape index (κ3) is 2.21. The van der Waals surface area contributed by atoms with E-state index in [1.807, 2.05) is 12.1 Å². The number of amides is 1. The van der Waals surface area contributed by atoms with Gasteiger partial charge in [0.1, 0.15) is 11.4 Å². The molecule has 6 heteroatoms. The maximum absolute atomic E-state index is 12.5. The van der Waals surface area contributed by atoms with Crippen molar-refractivity contribution in [3.05, 3.63) is 23.8 Å². The monoisotopic (exact) mass is 336 g/mol. The first kappa shape index (κ1) is 15.1. The van der Waals surface area contributed by atoms with E-state index < -0.39 is 0 Å². The molecule has 6 rings (SSSR count). The zero-order valence-electron chi connectivity index (χ0n) is 13.0. The molecule has 4 fully saturated rings. The normalized spacial score (nSPS) is 34.1. The van der Waals surface area contributed by atoms with Gasteiger partial charge in [0.05, 0.1) is 18.8 Å². The number of carbonyl (C=O) groups excluding carboxylic acids is 1. The predicted octanol–water partition coefficient (Wildman–Crippen LogP) is 2.46. The van der Waals surface area contributed by atoms with Crippen molar-refractivity contribution in [2.24, 2.45) is 5.92 Å². The summed E-state index contributed by atoms with van der Waals surface area (Å²) in [6.45, 7) is 4.60. The van der Waals surface area contributed by atoms with E-state index in [4.69, 9.17) is 9.47 Å². The number of piperidine rings is 3. The summed E-state index contributed by atoms with van der Waals surface area (Å²) in [5, 5.41) is 0. The van der Waals surface area contributed by atoms with Crippen LogP contribution in [0.25, 0.3) is 0 Å². The molecule has 0 aromatic heterocycles. The minimum absolute atomic E-state index is 0. The standard InChI is InChI=1S/C17H20N2O3.ClH/c20-16-19(14-2-1-12-5-8-21-15(12)9-14)11-17(22-16)10-18-6-3-13(17)4-7-18;/h1-2,9,13H,3-8,10-11H2;1H/t17-;/m1./s1. The molecule has 5 heterocycles. The minimum atomic E-state index is -0.298. The molecule has 1 aromatic rings. The average Bonchev–Trinajstić information content (AvgIpc) is 3.12. The highest BCUT2D eigenvalue weighted by Gasteiger charge is 2.55. The molecule has 1 amide bonds. The number of carbonyl (C=O) groups is 1. The van der Waals surface area contributed by atoms with Crippen molar-refractivity contribution >= 4 is 24.2 Å². The van der Waals surface area contributed by atoms with Crippen molar-refractivity contribution in [1.82, 2.24) is 4.90 Å². The molecule has 0 unspecified atom stereocenters. The van der Waals surface area contributed by atoms with Crippen molar-refractivity contribution in [1.29, 1.82) is 0 Å². The Kier molecular flexibility index (Phi) is 3.46. The van der Waals surface area contributed by atoms with Gasteiger partial charge in [0.15, 0.2) is 0 Å². The van der Waals surface area contributed by atoms with Crippen LogP contribution in [0.5, 0.6) is 5.75 Å². The molecule has 0 radical (unpaired) electrons. The number of benzene rings is 1. The lowest BCUT2D eigenvalue weighted by Crippen LogP contribution is -2.61. The molecule has 23 heavy (non-hydrogen) atoms. The summed E-state index contributed by atoms with van der Waals surface area (Å²) in [5.41, 5.74) is 1.83. The second-order valence-electron chi connectivity index (χ2n) is 6.96. The summed E-state index contributed by atoms with van der Waals surface area (Å²) in [4.78, 5) is 16.7. The number of anilines is 1. The number of rotatable bonds is 1. The number of hydrogen-bond donors (Lipinski definition) is 0. The molecule has 124 valence electrons. The molecular formula is C17H21ClN2O3. The molecule has 5 aliphatic rings. The summed E-state index contributed by atoms with van der Waals surface area (Å²) in [6.07, 6.45) is 3.05. The van der Waals surface area contributed by atoms with Crippen LogP contribution in [-0.2, 0) is 11.2 Å². The van der Waals surface area contributed by atoms with Crippen molar-refractivity contribution < 1.29 is 14.3 Å². The fourth-order valence-corrected chi connectivity index (χ4v) is 4.53. The van der Waals surface area contributed by atoms with Gasteiger partial charge in [0.25, 0.3) is 0 Å². The Morgan fingerprint density at radius 3 is 2.74 bits per heavy atom. The maximum atomic E-state index is 12.5. The predicted molar refractivity (Wildman–Crippen MR) is 88.6 cm³/mol. The van der Waals surface area contributed by atoms with Gasteiger partial charge in [-0.3, -0.25) is 9.80 Å².